The van der Waals surface area contributed by atoms with Gasteiger partial charge >= 0.3 is 0 Å². The molecule has 0 fully saturated rings. The molecule has 1 rings (SSSR count). The molecule has 0 aromatic carbocycles. The number of nitrogens with zero attached hydrogens (tertiary/aromatic N) is 2. The molecular weight excluding hydrogens is 268 g/mol. The highest BCUT2D eigenvalue weighted by Crippen LogP contribution is 2.25. The number of hydrogen-bond donors (Lipinski definition) is 2. The van der Waals surface area contributed by atoms with Gasteiger partial charge in [0.05, 0.1) is 16.6 Å². The van der Waals surface area contributed by atoms with Gasteiger partial charge in [-0.3, -0.25) is 11.3 Å². The minimum Gasteiger partial charge on any atom is -0.271 e. The quantitative estimate of drug-likeness (QED) is 0.346. The van der Waals surface area contributed by atoms with Crippen molar-refractivity contribution in [2.45, 2.75) is 84.1 Å². The largest absolute Gasteiger partial charge is 0.271 e. The van der Waals surface area contributed by atoms with E-state index in [1.807, 2.05) is 0 Å². The lowest BCUT2D eigenvalue weighted by molar-refractivity contribution is 0.478. The number of hydrogen-bond acceptors (Lipinski definition) is 5. The third-order valence-electron chi connectivity index (χ3n) is 3.69. The number of unbranched alkanes of at least 4 members (excludes halogenated alkanes) is 6. The Kier molecular flexibility index (Phi) is 9.79. The lowest BCUT2D eigenvalue weighted by Gasteiger charge is -2.14. The predicted octanol–water partition coefficient (Wildman–Crippen LogP) is 4.14. The van der Waals surface area contributed by atoms with Crippen LogP contribution in [0.5, 0.6) is 0 Å². The van der Waals surface area contributed by atoms with Crippen LogP contribution in [0.4, 0.5) is 0 Å². The number of nitrogens with two attached hydrogens (primary N) is 1. The van der Waals surface area contributed by atoms with E-state index >= 15 is 0 Å². The minimum atomic E-state index is 0.229. The molecule has 4 nitrogen and oxygen atoms in total. The fraction of sp³-hybridized carbons (Fsp3) is 0.867. The lowest BCUT2D eigenvalue weighted by atomic mass is 10.0. The lowest BCUT2D eigenvalue weighted by Crippen LogP contribution is -2.28. The van der Waals surface area contributed by atoms with E-state index in [9.17, 15) is 0 Å². The second-order valence-corrected chi connectivity index (χ2v) is 6.25. The Morgan fingerprint density at radius 1 is 1.05 bits per heavy atom. The third-order valence-corrected chi connectivity index (χ3v) is 4.57. The highest BCUT2D eigenvalue weighted by molar-refractivity contribution is 7.05. The molecular formula is C15H30N4S. The first kappa shape index (κ1) is 17.5. The van der Waals surface area contributed by atoms with Gasteiger partial charge in [0, 0.05) is 0 Å². The molecule has 0 aliphatic rings. The van der Waals surface area contributed by atoms with Crippen LogP contribution in [0.1, 0.15) is 88.2 Å². The van der Waals surface area contributed by atoms with Crippen molar-refractivity contribution in [2.75, 3.05) is 0 Å². The fourth-order valence-electron chi connectivity index (χ4n) is 2.49. The van der Waals surface area contributed by atoms with Gasteiger partial charge in [0.15, 0.2) is 0 Å². The van der Waals surface area contributed by atoms with Crippen LogP contribution >= 0.6 is 11.5 Å². The van der Waals surface area contributed by atoms with Crippen LogP contribution in [0.15, 0.2) is 0 Å². The first-order valence-electron chi connectivity index (χ1n) is 8.10. The van der Waals surface area contributed by atoms with Crippen molar-refractivity contribution in [2.24, 2.45) is 5.84 Å². The zero-order chi connectivity index (χ0) is 14.6. The highest BCUT2D eigenvalue weighted by Gasteiger charge is 2.17. The van der Waals surface area contributed by atoms with E-state index in [1.165, 1.54) is 61.4 Å². The van der Waals surface area contributed by atoms with Gasteiger partial charge in [-0.1, -0.05) is 69.7 Å². The molecule has 1 aromatic heterocycles. The summed E-state index contributed by atoms with van der Waals surface area (Å²) in [6, 6.07) is 0.229. The fourth-order valence-corrected chi connectivity index (χ4v) is 3.27. The topological polar surface area (TPSA) is 63.8 Å². The zero-order valence-electron chi connectivity index (χ0n) is 13.0. The molecule has 0 aliphatic carbocycles. The van der Waals surface area contributed by atoms with Crippen LogP contribution in [0.2, 0.25) is 0 Å². The smallest absolute Gasteiger partial charge is 0.0804 e. The summed E-state index contributed by atoms with van der Waals surface area (Å²) < 4.78 is 4.08. The van der Waals surface area contributed by atoms with Crippen LogP contribution in [0.3, 0.4) is 0 Å². The molecule has 5 heteroatoms. The SMILES string of the molecule is CCCCCCCCCC(NN)c1snnc1CCC. The normalized spacial score (nSPS) is 12.8. The second kappa shape index (κ2) is 11.2. The average Bonchev–Trinajstić information content (AvgIpc) is 2.91. The van der Waals surface area contributed by atoms with Crippen molar-refractivity contribution in [3.8, 4) is 0 Å². The van der Waals surface area contributed by atoms with Gasteiger partial charge in [-0.2, -0.15) is 0 Å². The van der Waals surface area contributed by atoms with E-state index in [0.717, 1.165) is 25.0 Å². The molecule has 0 amide bonds. The molecule has 0 saturated carbocycles. The van der Waals surface area contributed by atoms with Gasteiger partial charge in [0.25, 0.3) is 0 Å². The van der Waals surface area contributed by atoms with E-state index in [-0.39, 0.29) is 6.04 Å². The zero-order valence-corrected chi connectivity index (χ0v) is 13.8. The maximum absolute atomic E-state index is 5.71. The van der Waals surface area contributed by atoms with E-state index in [2.05, 4.69) is 28.9 Å². The van der Waals surface area contributed by atoms with Gasteiger partial charge in [-0.15, -0.1) is 5.10 Å². The average molecular weight is 299 g/mol. The first-order valence-corrected chi connectivity index (χ1v) is 8.88. The van der Waals surface area contributed by atoms with Crippen molar-refractivity contribution in [1.82, 2.24) is 15.0 Å². The molecule has 0 saturated heterocycles. The van der Waals surface area contributed by atoms with Crippen LogP contribution in [0, 0.1) is 0 Å². The van der Waals surface area contributed by atoms with Gasteiger partial charge < -0.3 is 0 Å². The Morgan fingerprint density at radius 3 is 2.40 bits per heavy atom. The molecule has 1 aromatic rings. The van der Waals surface area contributed by atoms with E-state index in [4.69, 9.17) is 5.84 Å². The van der Waals surface area contributed by atoms with E-state index in [1.54, 1.807) is 0 Å². The van der Waals surface area contributed by atoms with Crippen LogP contribution < -0.4 is 11.3 Å². The number of rotatable bonds is 12. The maximum Gasteiger partial charge on any atom is 0.0804 e. The molecule has 3 N–H and O–H groups in total. The summed E-state index contributed by atoms with van der Waals surface area (Å²) in [6.07, 6.45) is 12.5. The Morgan fingerprint density at radius 2 is 1.75 bits per heavy atom. The summed E-state index contributed by atoms with van der Waals surface area (Å²) in [4.78, 5) is 1.24. The Labute approximate surface area is 127 Å². The van der Waals surface area contributed by atoms with E-state index < -0.39 is 0 Å². The van der Waals surface area contributed by atoms with Gasteiger partial charge in [-0.05, 0) is 24.4 Å². The van der Waals surface area contributed by atoms with Gasteiger partial charge in [0.2, 0.25) is 0 Å². The molecule has 1 heterocycles. The monoisotopic (exact) mass is 298 g/mol. The molecule has 0 aliphatic heterocycles. The summed E-state index contributed by atoms with van der Waals surface area (Å²) in [5.74, 6) is 5.71. The Hall–Kier alpha value is -0.520. The van der Waals surface area contributed by atoms with Gasteiger partial charge in [-0.25, -0.2) is 0 Å². The summed E-state index contributed by atoms with van der Waals surface area (Å²) in [6.45, 7) is 4.43. The minimum absolute atomic E-state index is 0.229. The Bertz CT molecular complexity index is 340. The number of hydrazine groups is 1. The summed E-state index contributed by atoms with van der Waals surface area (Å²) in [5.41, 5.74) is 4.07. The molecule has 0 bridgehead atoms. The summed E-state index contributed by atoms with van der Waals surface area (Å²) in [7, 11) is 0. The predicted molar refractivity (Wildman–Crippen MR) is 86.6 cm³/mol. The standard InChI is InChI=1S/C15H30N4S/c1-3-5-6-7-8-9-10-12-13(17-16)15-14(11-4-2)18-19-20-15/h13,17H,3-12,16H2,1-2H3. The number of aryl methyl sites for hydroxylation is 1. The summed E-state index contributed by atoms with van der Waals surface area (Å²) >= 11 is 1.49. The van der Waals surface area contributed by atoms with Crippen LogP contribution in [0.25, 0.3) is 0 Å². The molecule has 1 unspecified atom stereocenters. The molecule has 0 radical (unpaired) electrons. The second-order valence-electron chi connectivity index (χ2n) is 5.46. The van der Waals surface area contributed by atoms with Crippen molar-refractivity contribution >= 4 is 11.5 Å². The molecule has 1 atom stereocenters. The van der Waals surface area contributed by atoms with Crippen molar-refractivity contribution < 1.29 is 0 Å². The van der Waals surface area contributed by atoms with Crippen LogP contribution in [-0.4, -0.2) is 9.59 Å². The van der Waals surface area contributed by atoms with Crippen molar-refractivity contribution in [3.05, 3.63) is 10.6 Å². The number of nitrogens with one attached hydrogen (secondary N) is 1. The third kappa shape index (κ3) is 6.29. The van der Waals surface area contributed by atoms with Crippen molar-refractivity contribution in [1.29, 1.82) is 0 Å². The maximum atomic E-state index is 5.71. The highest BCUT2D eigenvalue weighted by atomic mass is 32.1. The molecule has 116 valence electrons. The van der Waals surface area contributed by atoms with Crippen molar-refractivity contribution in [3.63, 3.8) is 0 Å². The first-order chi connectivity index (χ1) is 9.83. The number of aromatic nitrogens is 2. The van der Waals surface area contributed by atoms with E-state index in [0.29, 0.717) is 0 Å². The Balaban J connectivity index is 2.27. The molecule has 20 heavy (non-hydrogen) atoms. The van der Waals surface area contributed by atoms with Crippen LogP contribution in [-0.2, 0) is 6.42 Å². The molecule has 0 spiro atoms. The van der Waals surface area contributed by atoms with Gasteiger partial charge in [0.1, 0.15) is 0 Å². The summed E-state index contributed by atoms with van der Waals surface area (Å²) in [5, 5.41) is 4.23.